The maximum Gasteiger partial charge on any atom is 0.387 e. The van der Waals surface area contributed by atoms with Crippen molar-refractivity contribution in [3.8, 4) is 5.75 Å². The highest BCUT2D eigenvalue weighted by atomic mass is 127. The molecule has 0 amide bonds. The summed E-state index contributed by atoms with van der Waals surface area (Å²) in [5, 5.41) is 2.92. The molecule has 2 rings (SSSR count). The molecule has 0 aliphatic rings. The van der Waals surface area contributed by atoms with E-state index in [1.54, 1.807) is 12.1 Å². The maximum absolute atomic E-state index is 13.4. The van der Waals surface area contributed by atoms with Gasteiger partial charge in [0.05, 0.1) is 6.54 Å². The van der Waals surface area contributed by atoms with Crippen molar-refractivity contribution in [1.82, 2.24) is 0 Å². The summed E-state index contributed by atoms with van der Waals surface area (Å²) in [4.78, 5) is 0. The third-order valence-electron chi connectivity index (χ3n) is 2.24. The number of furan rings is 1. The number of nitrogens with one attached hydrogen (secondary N) is 1. The van der Waals surface area contributed by atoms with E-state index in [-0.39, 0.29) is 0 Å². The zero-order valence-electron chi connectivity index (χ0n) is 9.50. The lowest BCUT2D eigenvalue weighted by Gasteiger charge is -2.08. The van der Waals surface area contributed by atoms with Crippen LogP contribution >= 0.6 is 22.6 Å². The van der Waals surface area contributed by atoms with Crippen LogP contribution in [0.2, 0.25) is 0 Å². The Labute approximate surface area is 120 Å². The second kappa shape index (κ2) is 6.18. The van der Waals surface area contributed by atoms with Crippen LogP contribution in [0, 0.1) is 9.58 Å². The third-order valence-corrected chi connectivity index (χ3v) is 2.82. The molecule has 1 aromatic carbocycles. The molecule has 0 radical (unpaired) electrons. The molecule has 0 saturated heterocycles. The zero-order valence-corrected chi connectivity index (χ0v) is 11.7. The summed E-state index contributed by atoms with van der Waals surface area (Å²) in [7, 11) is 0. The zero-order chi connectivity index (χ0) is 13.8. The Morgan fingerprint density at radius 1 is 1.26 bits per heavy atom. The van der Waals surface area contributed by atoms with Gasteiger partial charge in [-0.3, -0.25) is 0 Å². The van der Waals surface area contributed by atoms with Gasteiger partial charge in [-0.2, -0.15) is 8.78 Å². The molecule has 1 N–H and O–H groups in total. The summed E-state index contributed by atoms with van der Waals surface area (Å²) in [5.74, 6) is -0.634. The van der Waals surface area contributed by atoms with Crippen molar-refractivity contribution in [2.24, 2.45) is 0 Å². The first kappa shape index (κ1) is 14.0. The van der Waals surface area contributed by atoms with E-state index in [0.717, 1.165) is 15.9 Å². The fourth-order valence-corrected chi connectivity index (χ4v) is 1.90. The van der Waals surface area contributed by atoms with Crippen LogP contribution < -0.4 is 10.1 Å². The first-order chi connectivity index (χ1) is 9.04. The number of benzene rings is 1. The third kappa shape index (κ3) is 4.05. The fraction of sp³-hybridized carbons (Fsp3) is 0.167. The van der Waals surface area contributed by atoms with E-state index >= 15 is 0 Å². The first-order valence-corrected chi connectivity index (χ1v) is 6.35. The van der Waals surface area contributed by atoms with Gasteiger partial charge in [0.2, 0.25) is 0 Å². The topological polar surface area (TPSA) is 34.4 Å². The van der Waals surface area contributed by atoms with Gasteiger partial charge in [-0.15, -0.1) is 0 Å². The number of ether oxygens (including phenoxy) is 1. The first-order valence-electron chi connectivity index (χ1n) is 5.27. The van der Waals surface area contributed by atoms with E-state index in [2.05, 4.69) is 10.1 Å². The van der Waals surface area contributed by atoms with Gasteiger partial charge in [0.1, 0.15) is 5.76 Å². The van der Waals surface area contributed by atoms with Crippen LogP contribution in [0.15, 0.2) is 34.7 Å². The predicted molar refractivity (Wildman–Crippen MR) is 71.8 cm³/mol. The molecule has 0 aliphatic heterocycles. The summed E-state index contributed by atoms with van der Waals surface area (Å²) in [5.41, 5.74) is 0.450. The lowest BCUT2D eigenvalue weighted by atomic mass is 10.3. The molecule has 3 nitrogen and oxygen atoms in total. The van der Waals surface area contributed by atoms with Crippen molar-refractivity contribution in [1.29, 1.82) is 0 Å². The molecule has 0 unspecified atom stereocenters. The molecule has 1 heterocycles. The van der Waals surface area contributed by atoms with Crippen molar-refractivity contribution >= 4 is 28.3 Å². The van der Waals surface area contributed by atoms with Gasteiger partial charge in [0.25, 0.3) is 0 Å². The van der Waals surface area contributed by atoms with Crippen molar-refractivity contribution in [3.05, 3.63) is 45.7 Å². The Morgan fingerprint density at radius 2 is 2.05 bits per heavy atom. The standard InChI is InChI=1S/C12H9F3INO2/c13-9-5-7(1-3-10(9)19-12(14)15)17-6-8-2-4-11(16)18-8/h1-5,12,17H,6H2. The quantitative estimate of drug-likeness (QED) is 0.785. The number of anilines is 1. The molecular weight excluding hydrogens is 374 g/mol. The van der Waals surface area contributed by atoms with Gasteiger partial charge in [-0.25, -0.2) is 4.39 Å². The average molecular weight is 383 g/mol. The molecule has 0 atom stereocenters. The Kier molecular flexibility index (Phi) is 4.56. The molecule has 19 heavy (non-hydrogen) atoms. The molecule has 102 valence electrons. The highest BCUT2D eigenvalue weighted by Crippen LogP contribution is 2.23. The van der Waals surface area contributed by atoms with Crippen LogP contribution in [0.1, 0.15) is 5.76 Å². The van der Waals surface area contributed by atoms with Crippen LogP contribution in [0.4, 0.5) is 18.9 Å². The van der Waals surface area contributed by atoms with Crippen LogP contribution in [0.25, 0.3) is 0 Å². The summed E-state index contributed by atoms with van der Waals surface area (Å²) in [6.07, 6.45) is 0. The summed E-state index contributed by atoms with van der Waals surface area (Å²) < 4.78 is 47.4. The second-order valence-corrected chi connectivity index (χ2v) is 4.65. The Morgan fingerprint density at radius 3 is 2.63 bits per heavy atom. The van der Waals surface area contributed by atoms with E-state index in [1.807, 2.05) is 22.6 Å². The Balaban J connectivity index is 1.99. The van der Waals surface area contributed by atoms with E-state index in [0.29, 0.717) is 18.0 Å². The largest absolute Gasteiger partial charge is 0.454 e. The van der Waals surface area contributed by atoms with Crippen molar-refractivity contribution in [2.75, 3.05) is 5.32 Å². The van der Waals surface area contributed by atoms with Gasteiger partial charge < -0.3 is 14.5 Å². The Hall–Kier alpha value is -1.38. The number of hydrogen-bond acceptors (Lipinski definition) is 3. The molecular formula is C12H9F3INO2. The number of halogens is 4. The Bertz CT molecular complexity index is 560. The van der Waals surface area contributed by atoms with Gasteiger partial charge in [0.15, 0.2) is 15.3 Å². The summed E-state index contributed by atoms with van der Waals surface area (Å²) in [6.45, 7) is -2.67. The molecule has 0 saturated carbocycles. The van der Waals surface area contributed by atoms with Gasteiger partial charge >= 0.3 is 6.61 Å². The van der Waals surface area contributed by atoms with E-state index < -0.39 is 18.2 Å². The van der Waals surface area contributed by atoms with Crippen LogP contribution in [-0.2, 0) is 6.54 Å². The smallest absolute Gasteiger partial charge is 0.387 e. The number of hydrogen-bond donors (Lipinski definition) is 1. The minimum Gasteiger partial charge on any atom is -0.454 e. The van der Waals surface area contributed by atoms with Gasteiger partial charge in [-0.1, -0.05) is 0 Å². The van der Waals surface area contributed by atoms with Gasteiger partial charge in [0, 0.05) is 11.8 Å². The van der Waals surface area contributed by atoms with E-state index in [1.165, 1.54) is 6.07 Å². The molecule has 0 fully saturated rings. The minimum atomic E-state index is -3.04. The molecule has 0 spiro atoms. The summed E-state index contributed by atoms with van der Waals surface area (Å²) >= 11 is 2.03. The second-order valence-electron chi connectivity index (χ2n) is 3.58. The van der Waals surface area contributed by atoms with Crippen molar-refractivity contribution in [3.63, 3.8) is 0 Å². The van der Waals surface area contributed by atoms with E-state index in [4.69, 9.17) is 4.42 Å². The number of alkyl halides is 2. The molecule has 0 aliphatic carbocycles. The average Bonchev–Trinajstić information content (AvgIpc) is 2.75. The van der Waals surface area contributed by atoms with Crippen LogP contribution in [0.3, 0.4) is 0 Å². The SMILES string of the molecule is Fc1cc(NCc2ccc(I)o2)ccc1OC(F)F. The lowest BCUT2D eigenvalue weighted by molar-refractivity contribution is -0.0521. The highest BCUT2D eigenvalue weighted by molar-refractivity contribution is 14.1. The maximum atomic E-state index is 13.4. The van der Waals surface area contributed by atoms with Crippen molar-refractivity contribution in [2.45, 2.75) is 13.2 Å². The molecule has 1 aromatic heterocycles. The highest BCUT2D eigenvalue weighted by Gasteiger charge is 2.10. The molecule has 0 bridgehead atoms. The fourth-order valence-electron chi connectivity index (χ4n) is 1.44. The van der Waals surface area contributed by atoms with Crippen LogP contribution in [-0.4, -0.2) is 6.61 Å². The molecule has 7 heteroatoms. The normalized spacial score (nSPS) is 10.8. The van der Waals surface area contributed by atoms with Crippen molar-refractivity contribution < 1.29 is 22.3 Å². The minimum absolute atomic E-state index is 0.373. The monoisotopic (exact) mass is 383 g/mol. The van der Waals surface area contributed by atoms with Crippen LogP contribution in [0.5, 0.6) is 5.75 Å². The predicted octanol–water partition coefficient (Wildman–Crippen LogP) is 4.24. The van der Waals surface area contributed by atoms with Gasteiger partial charge in [-0.05, 0) is 46.9 Å². The molecule has 2 aromatic rings. The number of rotatable bonds is 5. The summed E-state index contributed by atoms with van der Waals surface area (Å²) in [6, 6.07) is 7.28. The van der Waals surface area contributed by atoms with E-state index in [9.17, 15) is 13.2 Å². The lowest BCUT2D eigenvalue weighted by Crippen LogP contribution is -2.04.